The van der Waals surface area contributed by atoms with Crippen molar-refractivity contribution < 1.29 is 24.5 Å². The fraction of sp³-hybridized carbons (Fsp3) is 0.828. The lowest BCUT2D eigenvalue weighted by molar-refractivity contribution is -0.165. The lowest BCUT2D eigenvalue weighted by Crippen LogP contribution is -2.51. The van der Waals surface area contributed by atoms with Crippen LogP contribution in [0, 0.1) is 34.5 Å². The Bertz CT molecular complexity index is 966. The molecule has 0 spiro atoms. The highest BCUT2D eigenvalue weighted by Gasteiger charge is 2.67. The summed E-state index contributed by atoms with van der Waals surface area (Å²) in [5.41, 5.74) is 3.71. The van der Waals surface area contributed by atoms with Gasteiger partial charge >= 0.3 is 5.97 Å². The van der Waals surface area contributed by atoms with Gasteiger partial charge in [0.1, 0.15) is 11.7 Å². The van der Waals surface area contributed by atoms with Crippen LogP contribution < -0.4 is 0 Å². The number of carbonyl (C=O) groups excluding carboxylic acids is 1. The zero-order valence-electron chi connectivity index (χ0n) is 21.5. The summed E-state index contributed by atoms with van der Waals surface area (Å²) >= 11 is 0. The van der Waals surface area contributed by atoms with Crippen LogP contribution >= 0.6 is 0 Å². The van der Waals surface area contributed by atoms with Crippen LogP contribution in [0.3, 0.4) is 0 Å². The average Bonchev–Trinajstić information content (AvgIpc) is 3.37. The van der Waals surface area contributed by atoms with Crippen LogP contribution in [-0.2, 0) is 14.3 Å². The Morgan fingerprint density at radius 1 is 1.12 bits per heavy atom. The molecule has 0 aromatic rings. The maximum atomic E-state index is 13.3. The fourth-order valence-electron chi connectivity index (χ4n) is 9.29. The lowest BCUT2D eigenvalue weighted by atomic mass is 9.51. The topological polar surface area (TPSA) is 76.0 Å². The number of rotatable bonds is 2. The van der Waals surface area contributed by atoms with E-state index in [1.165, 1.54) is 5.57 Å². The molecule has 0 bridgehead atoms. The van der Waals surface area contributed by atoms with Gasteiger partial charge in [-0.2, -0.15) is 0 Å². The maximum Gasteiger partial charge on any atom is 0.312 e. The summed E-state index contributed by atoms with van der Waals surface area (Å²) in [7, 11) is 0. The van der Waals surface area contributed by atoms with Crippen molar-refractivity contribution in [3.63, 3.8) is 0 Å². The molecular weight excluding hydrogens is 428 g/mol. The maximum absolute atomic E-state index is 13.3. The van der Waals surface area contributed by atoms with E-state index in [0.717, 1.165) is 51.4 Å². The predicted molar refractivity (Wildman–Crippen MR) is 129 cm³/mol. The van der Waals surface area contributed by atoms with Crippen LogP contribution in [0.1, 0.15) is 86.0 Å². The molecule has 3 fully saturated rings. The molecule has 0 aromatic carbocycles. The summed E-state index contributed by atoms with van der Waals surface area (Å²) < 4.78 is 12.2. The van der Waals surface area contributed by atoms with E-state index in [0.29, 0.717) is 5.92 Å². The Morgan fingerprint density at radius 2 is 1.88 bits per heavy atom. The largest absolute Gasteiger partial charge is 0.456 e. The molecule has 10 atom stereocenters. The molecule has 1 saturated carbocycles. The second kappa shape index (κ2) is 7.43. The van der Waals surface area contributed by atoms with Crippen LogP contribution in [0.5, 0.6) is 0 Å². The summed E-state index contributed by atoms with van der Waals surface area (Å²) in [6.45, 7) is 10.7. The Hall–Kier alpha value is -1.17. The van der Waals surface area contributed by atoms with Gasteiger partial charge in [0.05, 0.1) is 18.1 Å². The van der Waals surface area contributed by atoms with Crippen molar-refractivity contribution in [2.45, 2.75) is 116 Å². The molecule has 5 nitrogen and oxygen atoms in total. The second-order valence-corrected chi connectivity index (χ2v) is 13.1. The highest BCUT2D eigenvalue weighted by molar-refractivity contribution is 5.77. The number of carbonyl (C=O) groups is 1. The average molecular weight is 471 g/mol. The van der Waals surface area contributed by atoms with E-state index in [4.69, 9.17) is 9.47 Å². The number of allylic oxidation sites excluding steroid dienone is 4. The summed E-state index contributed by atoms with van der Waals surface area (Å²) in [4.78, 5) is 13.3. The van der Waals surface area contributed by atoms with E-state index in [-0.39, 0.29) is 52.9 Å². The van der Waals surface area contributed by atoms with Crippen molar-refractivity contribution in [1.29, 1.82) is 0 Å². The third kappa shape index (κ3) is 2.81. The third-order valence-corrected chi connectivity index (χ3v) is 11.5. The van der Waals surface area contributed by atoms with Crippen LogP contribution in [-0.4, -0.2) is 46.2 Å². The number of aliphatic hydroxyl groups is 2. The molecule has 0 radical (unpaired) electrons. The fourth-order valence-corrected chi connectivity index (χ4v) is 9.29. The molecule has 4 aliphatic carbocycles. The molecule has 5 heteroatoms. The van der Waals surface area contributed by atoms with Crippen LogP contribution in [0.2, 0.25) is 0 Å². The van der Waals surface area contributed by atoms with Gasteiger partial charge in [-0.05, 0) is 98.0 Å². The van der Waals surface area contributed by atoms with E-state index in [9.17, 15) is 15.0 Å². The van der Waals surface area contributed by atoms with Gasteiger partial charge in [-0.25, -0.2) is 0 Å². The van der Waals surface area contributed by atoms with Crippen LogP contribution in [0.4, 0.5) is 0 Å². The van der Waals surface area contributed by atoms with Gasteiger partial charge in [-0.15, -0.1) is 0 Å². The number of aliphatic hydroxyl groups excluding tert-OH is 1. The monoisotopic (exact) mass is 470 g/mol. The first kappa shape index (κ1) is 23.2. The van der Waals surface area contributed by atoms with Gasteiger partial charge < -0.3 is 19.7 Å². The molecule has 2 heterocycles. The normalized spacial score (nSPS) is 52.2. The first-order valence-corrected chi connectivity index (χ1v) is 13.7. The molecular formula is C29H42O5. The molecule has 0 amide bonds. The van der Waals surface area contributed by atoms with Crippen molar-refractivity contribution in [2.24, 2.45) is 34.5 Å². The van der Waals surface area contributed by atoms with Gasteiger partial charge in [0.2, 0.25) is 0 Å². The molecule has 0 aromatic heterocycles. The third-order valence-electron chi connectivity index (χ3n) is 11.5. The zero-order valence-corrected chi connectivity index (χ0v) is 21.5. The Morgan fingerprint density at radius 3 is 2.62 bits per heavy atom. The quantitative estimate of drug-likeness (QED) is 0.572. The molecule has 1 unspecified atom stereocenters. The number of esters is 1. The van der Waals surface area contributed by atoms with Crippen molar-refractivity contribution in [2.75, 3.05) is 0 Å². The van der Waals surface area contributed by atoms with Crippen LogP contribution in [0.25, 0.3) is 0 Å². The van der Waals surface area contributed by atoms with E-state index in [1.54, 1.807) is 11.1 Å². The SMILES string of the molecule is CC(C)[C@@]1(O)C(C)O[C@@H]2[C@@H]([C@H]3CC=C4C5=C(CC[C@@]43C)[C@@]3(C)CC[C@H](O)C[C@@H]3CC5)C(=O)O[C@@H]21. The molecule has 6 aliphatic rings. The van der Waals surface area contributed by atoms with Crippen molar-refractivity contribution >= 4 is 5.97 Å². The summed E-state index contributed by atoms with van der Waals surface area (Å²) in [6.07, 6.45) is 9.21. The van der Waals surface area contributed by atoms with Crippen molar-refractivity contribution in [3.05, 3.63) is 22.8 Å². The Labute approximate surface area is 204 Å². The van der Waals surface area contributed by atoms with E-state index >= 15 is 0 Å². The number of ether oxygens (including phenoxy) is 2. The number of fused-ring (bicyclic) bond motifs is 5. The molecule has 2 saturated heterocycles. The molecule has 6 rings (SSSR count). The molecule has 188 valence electrons. The van der Waals surface area contributed by atoms with Crippen LogP contribution in [0.15, 0.2) is 22.8 Å². The highest BCUT2D eigenvalue weighted by atomic mass is 16.6. The van der Waals surface area contributed by atoms with Gasteiger partial charge in [-0.3, -0.25) is 4.79 Å². The van der Waals surface area contributed by atoms with E-state index in [2.05, 4.69) is 19.9 Å². The lowest BCUT2D eigenvalue weighted by Gasteiger charge is -2.53. The minimum atomic E-state index is -1.13. The summed E-state index contributed by atoms with van der Waals surface area (Å²) in [5, 5.41) is 21.7. The predicted octanol–water partition coefficient (Wildman–Crippen LogP) is 4.71. The van der Waals surface area contributed by atoms with Crippen molar-refractivity contribution in [3.8, 4) is 0 Å². The minimum Gasteiger partial charge on any atom is -0.456 e. The molecule has 2 aliphatic heterocycles. The summed E-state index contributed by atoms with van der Waals surface area (Å²) in [6, 6.07) is 0. The van der Waals surface area contributed by atoms with Crippen molar-refractivity contribution in [1.82, 2.24) is 0 Å². The Balaban J connectivity index is 1.32. The molecule has 34 heavy (non-hydrogen) atoms. The van der Waals surface area contributed by atoms with Gasteiger partial charge in [0.25, 0.3) is 0 Å². The minimum absolute atomic E-state index is 0.0516. The first-order valence-electron chi connectivity index (χ1n) is 13.7. The van der Waals surface area contributed by atoms with Gasteiger partial charge in [0.15, 0.2) is 6.10 Å². The smallest absolute Gasteiger partial charge is 0.312 e. The number of hydrogen-bond acceptors (Lipinski definition) is 5. The van der Waals surface area contributed by atoms with Gasteiger partial charge in [0, 0.05) is 0 Å². The van der Waals surface area contributed by atoms with Gasteiger partial charge in [-0.1, -0.05) is 39.3 Å². The Kier molecular flexibility index (Phi) is 5.08. The number of hydrogen-bond donors (Lipinski definition) is 2. The highest BCUT2D eigenvalue weighted by Crippen LogP contribution is 2.65. The first-order chi connectivity index (χ1) is 16.0. The molecule has 2 N–H and O–H groups in total. The summed E-state index contributed by atoms with van der Waals surface area (Å²) in [5.74, 6) is 0.185. The van der Waals surface area contributed by atoms with E-state index < -0.39 is 11.7 Å². The van der Waals surface area contributed by atoms with E-state index in [1.807, 2.05) is 20.8 Å². The standard InChI is InChI=1S/C29H42O5/c1-15(2)29(32)16(3)33-24-23(26(31)34-25(24)29)22-9-8-20-19-7-6-17-14-18(30)10-12-27(17,4)21(19)11-13-28(20,22)5/h8,15-18,22-25,30,32H,6-7,9-14H2,1-5H3/t16?,17-,18-,22+,23+,24+,25-,27-,28-,29+/m0/s1. The zero-order chi connectivity index (χ0) is 24.2. The second-order valence-electron chi connectivity index (χ2n) is 13.1.